The van der Waals surface area contributed by atoms with Gasteiger partial charge in [0.25, 0.3) is 0 Å². The van der Waals surface area contributed by atoms with E-state index in [1.807, 2.05) is 13.0 Å². The summed E-state index contributed by atoms with van der Waals surface area (Å²) in [5, 5.41) is 3.28. The molecule has 1 aromatic carbocycles. The second-order valence-corrected chi connectivity index (χ2v) is 3.64. The summed E-state index contributed by atoms with van der Waals surface area (Å²) in [6.45, 7) is 7.71. The molecule has 0 unspecified atom stereocenters. The van der Waals surface area contributed by atoms with Gasteiger partial charge in [0.05, 0.1) is 12.9 Å². The van der Waals surface area contributed by atoms with Crippen molar-refractivity contribution in [3.63, 3.8) is 0 Å². The zero-order chi connectivity index (χ0) is 11.8. The molecule has 0 spiro atoms. The number of hydrogen-bond acceptors (Lipinski definition) is 2. The summed E-state index contributed by atoms with van der Waals surface area (Å²) in [7, 11) is 0. The lowest BCUT2D eigenvalue weighted by Crippen LogP contribution is -2.16. The van der Waals surface area contributed by atoms with E-state index in [-0.39, 0.29) is 5.82 Å². The van der Waals surface area contributed by atoms with E-state index in [1.54, 1.807) is 6.07 Å². The summed E-state index contributed by atoms with van der Waals surface area (Å²) in [5.41, 5.74) is 2.11. The summed E-state index contributed by atoms with van der Waals surface area (Å²) in [5.74, 6) is -0.180. The van der Waals surface area contributed by atoms with Gasteiger partial charge in [-0.2, -0.15) is 0 Å². The Morgan fingerprint density at radius 1 is 1.50 bits per heavy atom. The molecule has 0 atom stereocenters. The first-order chi connectivity index (χ1) is 7.74. The van der Waals surface area contributed by atoms with Crippen molar-refractivity contribution in [2.45, 2.75) is 19.9 Å². The van der Waals surface area contributed by atoms with Crippen molar-refractivity contribution in [1.82, 2.24) is 5.32 Å². The lowest BCUT2D eigenvalue weighted by molar-refractivity contribution is 0.244. The highest BCUT2D eigenvalue weighted by molar-refractivity contribution is 5.26. The topological polar surface area (TPSA) is 21.3 Å². The van der Waals surface area contributed by atoms with E-state index in [2.05, 4.69) is 11.9 Å². The predicted octanol–water partition coefficient (Wildman–Crippen LogP) is 2.77. The van der Waals surface area contributed by atoms with Gasteiger partial charge in [-0.05, 0) is 43.1 Å². The van der Waals surface area contributed by atoms with Crippen LogP contribution in [0.1, 0.15) is 17.5 Å². The number of benzene rings is 1. The van der Waals surface area contributed by atoms with Gasteiger partial charge < -0.3 is 10.1 Å². The third-order valence-electron chi connectivity index (χ3n) is 2.35. The van der Waals surface area contributed by atoms with Crippen LogP contribution in [0.3, 0.4) is 0 Å². The van der Waals surface area contributed by atoms with Gasteiger partial charge in [0, 0.05) is 6.54 Å². The van der Waals surface area contributed by atoms with E-state index in [1.165, 1.54) is 12.3 Å². The normalized spacial score (nSPS) is 10.1. The molecule has 0 aliphatic rings. The molecule has 88 valence electrons. The highest BCUT2D eigenvalue weighted by Gasteiger charge is 1.99. The average molecular weight is 223 g/mol. The fourth-order valence-electron chi connectivity index (χ4n) is 1.44. The zero-order valence-electron chi connectivity index (χ0n) is 9.63. The Morgan fingerprint density at radius 2 is 2.31 bits per heavy atom. The maximum Gasteiger partial charge on any atom is 0.123 e. The SMILES string of the molecule is C=COCCCNCc1ccc(F)cc1C. The second-order valence-electron chi connectivity index (χ2n) is 3.64. The van der Waals surface area contributed by atoms with Crippen LogP contribution in [0.4, 0.5) is 4.39 Å². The number of rotatable bonds is 7. The van der Waals surface area contributed by atoms with E-state index in [4.69, 9.17) is 4.74 Å². The fraction of sp³-hybridized carbons (Fsp3) is 0.385. The minimum Gasteiger partial charge on any atom is -0.502 e. The Morgan fingerprint density at radius 3 is 3.00 bits per heavy atom. The summed E-state index contributed by atoms with van der Waals surface area (Å²) in [6.07, 6.45) is 2.39. The van der Waals surface area contributed by atoms with Gasteiger partial charge in [0.2, 0.25) is 0 Å². The zero-order valence-corrected chi connectivity index (χ0v) is 9.63. The van der Waals surface area contributed by atoms with Gasteiger partial charge in [0.15, 0.2) is 0 Å². The van der Waals surface area contributed by atoms with Crippen LogP contribution in [0.15, 0.2) is 31.0 Å². The van der Waals surface area contributed by atoms with Crippen LogP contribution >= 0.6 is 0 Å². The molecule has 1 aromatic rings. The van der Waals surface area contributed by atoms with Gasteiger partial charge in [-0.1, -0.05) is 12.6 Å². The Labute approximate surface area is 96.1 Å². The monoisotopic (exact) mass is 223 g/mol. The van der Waals surface area contributed by atoms with Gasteiger partial charge >= 0.3 is 0 Å². The maximum absolute atomic E-state index is 12.8. The summed E-state index contributed by atoms with van der Waals surface area (Å²) in [4.78, 5) is 0. The molecule has 0 bridgehead atoms. The molecule has 0 aliphatic heterocycles. The van der Waals surface area contributed by atoms with Crippen molar-refractivity contribution in [1.29, 1.82) is 0 Å². The van der Waals surface area contributed by atoms with Gasteiger partial charge in [-0.3, -0.25) is 0 Å². The molecule has 3 heteroatoms. The number of halogens is 1. The molecule has 0 radical (unpaired) electrons. The molecular formula is C13H18FNO. The molecule has 0 amide bonds. The summed E-state index contributed by atoms with van der Waals surface area (Å²) in [6, 6.07) is 4.86. The summed E-state index contributed by atoms with van der Waals surface area (Å²) < 4.78 is 17.8. The van der Waals surface area contributed by atoms with E-state index in [0.29, 0.717) is 6.61 Å². The quantitative estimate of drug-likeness (QED) is 0.567. The van der Waals surface area contributed by atoms with Crippen LogP contribution < -0.4 is 5.32 Å². The molecular weight excluding hydrogens is 205 g/mol. The Bertz CT molecular complexity index is 339. The minimum absolute atomic E-state index is 0.180. The minimum atomic E-state index is -0.180. The van der Waals surface area contributed by atoms with Gasteiger partial charge in [-0.25, -0.2) is 4.39 Å². The Kier molecular flexibility index (Phi) is 5.57. The first kappa shape index (κ1) is 12.7. The van der Waals surface area contributed by atoms with Crippen LogP contribution in [0, 0.1) is 12.7 Å². The lowest BCUT2D eigenvalue weighted by atomic mass is 10.1. The highest BCUT2D eigenvalue weighted by Crippen LogP contribution is 2.09. The smallest absolute Gasteiger partial charge is 0.123 e. The molecule has 0 saturated heterocycles. The van der Waals surface area contributed by atoms with Crippen LogP contribution in [-0.2, 0) is 11.3 Å². The first-order valence-electron chi connectivity index (χ1n) is 5.42. The van der Waals surface area contributed by atoms with E-state index >= 15 is 0 Å². The molecule has 0 fully saturated rings. The molecule has 2 nitrogen and oxygen atoms in total. The molecule has 1 rings (SSSR count). The van der Waals surface area contributed by atoms with E-state index in [9.17, 15) is 4.39 Å². The standard InChI is InChI=1S/C13H18FNO/c1-3-16-8-4-7-15-10-12-5-6-13(14)9-11(12)2/h3,5-6,9,15H,1,4,7-8,10H2,2H3. The molecule has 0 aliphatic carbocycles. The van der Waals surface area contributed by atoms with Crippen LogP contribution in [-0.4, -0.2) is 13.2 Å². The fourth-order valence-corrected chi connectivity index (χ4v) is 1.44. The highest BCUT2D eigenvalue weighted by atomic mass is 19.1. The van der Waals surface area contributed by atoms with Gasteiger partial charge in [0.1, 0.15) is 5.82 Å². The van der Waals surface area contributed by atoms with Crippen molar-refractivity contribution in [3.8, 4) is 0 Å². The van der Waals surface area contributed by atoms with E-state index < -0.39 is 0 Å². The van der Waals surface area contributed by atoms with Crippen molar-refractivity contribution in [3.05, 3.63) is 48.0 Å². The molecule has 0 aromatic heterocycles. The number of nitrogens with one attached hydrogen (secondary N) is 1. The Hall–Kier alpha value is -1.35. The predicted molar refractivity (Wildman–Crippen MR) is 63.6 cm³/mol. The van der Waals surface area contributed by atoms with E-state index in [0.717, 1.165) is 30.6 Å². The largest absolute Gasteiger partial charge is 0.502 e. The molecule has 0 saturated carbocycles. The van der Waals surface area contributed by atoms with Crippen LogP contribution in [0.2, 0.25) is 0 Å². The molecule has 16 heavy (non-hydrogen) atoms. The third-order valence-corrected chi connectivity index (χ3v) is 2.35. The number of aryl methyl sites for hydroxylation is 1. The molecule has 0 heterocycles. The van der Waals surface area contributed by atoms with Crippen LogP contribution in [0.25, 0.3) is 0 Å². The Balaban J connectivity index is 2.24. The number of hydrogen-bond donors (Lipinski definition) is 1. The molecule has 1 N–H and O–H groups in total. The number of ether oxygens (including phenoxy) is 1. The summed E-state index contributed by atoms with van der Waals surface area (Å²) >= 11 is 0. The maximum atomic E-state index is 12.8. The van der Waals surface area contributed by atoms with Crippen molar-refractivity contribution >= 4 is 0 Å². The average Bonchev–Trinajstić information content (AvgIpc) is 2.26. The van der Waals surface area contributed by atoms with Gasteiger partial charge in [-0.15, -0.1) is 0 Å². The van der Waals surface area contributed by atoms with Crippen molar-refractivity contribution < 1.29 is 9.13 Å². The first-order valence-corrected chi connectivity index (χ1v) is 5.42. The third kappa shape index (κ3) is 4.45. The lowest BCUT2D eigenvalue weighted by Gasteiger charge is -2.07. The van der Waals surface area contributed by atoms with Crippen molar-refractivity contribution in [2.75, 3.05) is 13.2 Å². The van der Waals surface area contributed by atoms with Crippen molar-refractivity contribution in [2.24, 2.45) is 0 Å². The van der Waals surface area contributed by atoms with Crippen LogP contribution in [0.5, 0.6) is 0 Å². The second kappa shape index (κ2) is 7.01.